The molecule has 0 atom stereocenters. The molecule has 0 aliphatic rings. The first-order valence-electron chi connectivity index (χ1n) is 8.72. The number of phosphoric ester groups is 1. The molecule has 0 aromatic heterocycles. The summed E-state index contributed by atoms with van der Waals surface area (Å²) in [7, 11) is -3.57. The highest BCUT2D eigenvalue weighted by Gasteiger charge is 2.26. The van der Waals surface area contributed by atoms with E-state index in [-0.39, 0.29) is 18.6 Å². The number of rotatable bonds is 13. The summed E-state index contributed by atoms with van der Waals surface area (Å²) in [5.41, 5.74) is 2.78. The molecule has 0 radical (unpaired) electrons. The van der Waals surface area contributed by atoms with Gasteiger partial charge >= 0.3 is 7.82 Å². The van der Waals surface area contributed by atoms with Crippen LogP contribution in [0.25, 0.3) is 0 Å². The van der Waals surface area contributed by atoms with Crippen LogP contribution in [0.4, 0.5) is 0 Å². The molecule has 140 valence electrons. The summed E-state index contributed by atoms with van der Waals surface area (Å²) >= 11 is 0. The fourth-order valence-corrected chi connectivity index (χ4v) is 3.58. The van der Waals surface area contributed by atoms with E-state index < -0.39 is 7.82 Å². The van der Waals surface area contributed by atoms with Crippen LogP contribution in [0.5, 0.6) is 0 Å². The van der Waals surface area contributed by atoms with Gasteiger partial charge in [-0.3, -0.25) is 13.6 Å². The van der Waals surface area contributed by atoms with Gasteiger partial charge in [0.1, 0.15) is 0 Å². The standard InChI is InChI=1S/C20H31O4P/c1-6-15-22-25(21,23-16-7-2)24-17-11-13-18-12-9-10-14-19(18)20(4,5)8-3/h6-7,9-10,12,14H,1-2,8,11,13,15-17H2,3-5H3. The summed E-state index contributed by atoms with van der Waals surface area (Å²) in [5, 5.41) is 0. The normalized spacial score (nSPS) is 12.1. The zero-order valence-electron chi connectivity index (χ0n) is 15.7. The average Bonchev–Trinajstić information content (AvgIpc) is 2.62. The largest absolute Gasteiger partial charge is 0.475 e. The molecule has 5 heteroatoms. The lowest BCUT2D eigenvalue weighted by atomic mass is 9.79. The molecule has 25 heavy (non-hydrogen) atoms. The molecule has 4 nitrogen and oxygen atoms in total. The Morgan fingerprint density at radius 1 is 1.08 bits per heavy atom. The van der Waals surface area contributed by atoms with Gasteiger partial charge in [-0.25, -0.2) is 4.57 Å². The van der Waals surface area contributed by atoms with Gasteiger partial charge < -0.3 is 0 Å². The maximum atomic E-state index is 12.5. The van der Waals surface area contributed by atoms with E-state index in [1.165, 1.54) is 23.3 Å². The molecule has 0 bridgehead atoms. The van der Waals surface area contributed by atoms with Crippen molar-refractivity contribution in [3.8, 4) is 0 Å². The molecular weight excluding hydrogens is 335 g/mol. The molecule has 0 amide bonds. The molecule has 0 saturated heterocycles. The lowest BCUT2D eigenvalue weighted by molar-refractivity contribution is 0.130. The van der Waals surface area contributed by atoms with Crippen molar-refractivity contribution in [1.82, 2.24) is 0 Å². The van der Waals surface area contributed by atoms with E-state index >= 15 is 0 Å². The zero-order valence-corrected chi connectivity index (χ0v) is 16.6. The van der Waals surface area contributed by atoms with Crippen molar-refractivity contribution >= 4 is 7.82 Å². The third-order valence-corrected chi connectivity index (χ3v) is 5.60. The quantitative estimate of drug-likeness (QED) is 0.250. The minimum absolute atomic E-state index is 0.113. The van der Waals surface area contributed by atoms with Crippen LogP contribution in [0.2, 0.25) is 0 Å². The van der Waals surface area contributed by atoms with Gasteiger partial charge in [0.2, 0.25) is 0 Å². The van der Waals surface area contributed by atoms with Gasteiger partial charge in [-0.15, -0.1) is 13.2 Å². The number of benzene rings is 1. The van der Waals surface area contributed by atoms with Gasteiger partial charge in [0.25, 0.3) is 0 Å². The van der Waals surface area contributed by atoms with E-state index in [1.54, 1.807) is 0 Å². The van der Waals surface area contributed by atoms with Crippen molar-refractivity contribution in [2.45, 2.75) is 45.4 Å². The molecule has 0 unspecified atom stereocenters. The molecule has 1 aromatic carbocycles. The summed E-state index contributed by atoms with van der Waals surface area (Å²) in [5.74, 6) is 0. The monoisotopic (exact) mass is 366 g/mol. The van der Waals surface area contributed by atoms with E-state index in [9.17, 15) is 4.57 Å². The topological polar surface area (TPSA) is 44.8 Å². The fourth-order valence-electron chi connectivity index (χ4n) is 2.43. The Bertz CT molecular complexity index is 579. The van der Waals surface area contributed by atoms with Crippen molar-refractivity contribution in [1.29, 1.82) is 0 Å². The highest BCUT2D eigenvalue weighted by Crippen LogP contribution is 2.49. The van der Waals surface area contributed by atoms with E-state index in [4.69, 9.17) is 13.6 Å². The maximum absolute atomic E-state index is 12.5. The van der Waals surface area contributed by atoms with Crippen molar-refractivity contribution in [3.63, 3.8) is 0 Å². The second-order valence-electron chi connectivity index (χ2n) is 6.45. The van der Waals surface area contributed by atoms with Crippen LogP contribution in [0.1, 0.15) is 44.7 Å². The molecule has 0 aliphatic heterocycles. The molecule has 0 N–H and O–H groups in total. The van der Waals surface area contributed by atoms with E-state index in [1.807, 2.05) is 0 Å². The Labute approximate surface area is 152 Å². The van der Waals surface area contributed by atoms with E-state index in [0.717, 1.165) is 19.3 Å². The van der Waals surface area contributed by atoms with Crippen LogP contribution in [-0.2, 0) is 30.0 Å². The van der Waals surface area contributed by atoms with Crippen LogP contribution in [-0.4, -0.2) is 19.8 Å². The zero-order chi connectivity index (χ0) is 18.8. The molecule has 0 fully saturated rings. The van der Waals surface area contributed by atoms with Gasteiger partial charge in [0.15, 0.2) is 0 Å². The number of hydrogen-bond donors (Lipinski definition) is 0. The summed E-state index contributed by atoms with van der Waals surface area (Å²) in [6.07, 6.45) is 5.67. The second kappa shape index (κ2) is 10.7. The SMILES string of the molecule is C=CCOP(=O)(OCC=C)OCCCc1ccccc1C(C)(C)CC. The number of aryl methyl sites for hydroxylation is 1. The Morgan fingerprint density at radius 3 is 2.24 bits per heavy atom. The second-order valence-corrected chi connectivity index (χ2v) is 8.12. The smallest absolute Gasteiger partial charge is 0.287 e. The van der Waals surface area contributed by atoms with Crippen LogP contribution >= 0.6 is 7.82 Å². The highest BCUT2D eigenvalue weighted by molar-refractivity contribution is 7.48. The van der Waals surface area contributed by atoms with Crippen LogP contribution in [0, 0.1) is 0 Å². The maximum Gasteiger partial charge on any atom is 0.475 e. The fraction of sp³-hybridized carbons (Fsp3) is 0.500. The minimum atomic E-state index is -3.57. The van der Waals surface area contributed by atoms with Gasteiger partial charge in [-0.1, -0.05) is 57.2 Å². The molecule has 0 aliphatic carbocycles. The van der Waals surface area contributed by atoms with Crippen molar-refractivity contribution < 1.29 is 18.1 Å². The number of phosphoric acid groups is 1. The van der Waals surface area contributed by atoms with E-state index in [2.05, 4.69) is 58.2 Å². The Kier molecular flexibility index (Phi) is 9.37. The number of hydrogen-bond acceptors (Lipinski definition) is 4. The predicted molar refractivity (Wildman–Crippen MR) is 104 cm³/mol. The first-order chi connectivity index (χ1) is 11.9. The predicted octanol–water partition coefficient (Wildman–Crippen LogP) is 5.84. The van der Waals surface area contributed by atoms with E-state index in [0.29, 0.717) is 6.61 Å². The first-order valence-corrected chi connectivity index (χ1v) is 10.2. The molecule has 0 heterocycles. The molecular formula is C20H31O4P. The lowest BCUT2D eigenvalue weighted by Crippen LogP contribution is -2.18. The average molecular weight is 366 g/mol. The third-order valence-electron chi connectivity index (χ3n) is 4.17. The van der Waals surface area contributed by atoms with Crippen LogP contribution in [0.3, 0.4) is 0 Å². The van der Waals surface area contributed by atoms with Gasteiger partial charge in [0.05, 0.1) is 19.8 Å². The Morgan fingerprint density at radius 2 is 1.68 bits per heavy atom. The van der Waals surface area contributed by atoms with Gasteiger partial charge in [-0.2, -0.15) is 0 Å². The summed E-state index contributed by atoms with van der Waals surface area (Å²) in [6, 6.07) is 8.46. The van der Waals surface area contributed by atoms with Gasteiger partial charge in [0, 0.05) is 0 Å². The van der Waals surface area contributed by atoms with Crippen molar-refractivity contribution in [2.75, 3.05) is 19.8 Å². The highest BCUT2D eigenvalue weighted by atomic mass is 31.2. The third kappa shape index (κ3) is 7.29. The van der Waals surface area contributed by atoms with Gasteiger partial charge in [-0.05, 0) is 35.8 Å². The van der Waals surface area contributed by atoms with Crippen LogP contribution in [0.15, 0.2) is 49.6 Å². The van der Waals surface area contributed by atoms with Crippen molar-refractivity contribution in [3.05, 3.63) is 60.7 Å². The summed E-state index contributed by atoms with van der Waals surface area (Å²) < 4.78 is 28.2. The molecule has 0 saturated carbocycles. The Hall–Kier alpha value is -1.19. The molecule has 1 aromatic rings. The molecule has 1 rings (SSSR count). The lowest BCUT2D eigenvalue weighted by Gasteiger charge is -2.26. The minimum Gasteiger partial charge on any atom is -0.287 e. The van der Waals surface area contributed by atoms with Crippen molar-refractivity contribution in [2.24, 2.45) is 0 Å². The van der Waals surface area contributed by atoms with Crippen LogP contribution < -0.4 is 0 Å². The summed E-state index contributed by atoms with van der Waals surface area (Å²) in [6.45, 7) is 14.3. The summed E-state index contributed by atoms with van der Waals surface area (Å²) in [4.78, 5) is 0. The Balaban J connectivity index is 2.63. The first kappa shape index (κ1) is 21.9. The molecule has 0 spiro atoms.